The van der Waals surface area contributed by atoms with E-state index in [1.807, 2.05) is 60.4 Å². The summed E-state index contributed by atoms with van der Waals surface area (Å²) in [5, 5.41) is 0. The molecule has 0 aliphatic carbocycles. The number of halogens is 1. The summed E-state index contributed by atoms with van der Waals surface area (Å²) in [4.78, 5) is 26.1. The van der Waals surface area contributed by atoms with E-state index >= 15 is 0 Å². The Kier molecular flexibility index (Phi) is 6.02. The number of rotatable bonds is 5. The standard InChI is InChI=1S/C29H30FN5O2/c1-3-19-5-4-6-25(26(19)30)37-23-11-8-20(9-12-23)27-24-17-31-14-16-34(24)28(32-27)21-7-10-22-13-15-33(2)29(36)35(22)18-21/h4-6,8-9,11-12,14,16-17,21-22H,3,7,10,13,15,18H2,1-2H3. The minimum Gasteiger partial charge on any atom is -0.454 e. The molecule has 6 rings (SSSR count). The maximum absolute atomic E-state index is 14.6. The van der Waals surface area contributed by atoms with Gasteiger partial charge in [0.2, 0.25) is 0 Å². The van der Waals surface area contributed by atoms with Gasteiger partial charge in [-0.05, 0) is 61.6 Å². The highest BCUT2D eigenvalue weighted by molar-refractivity contribution is 5.78. The molecule has 4 heterocycles. The number of nitrogens with zero attached hydrogens (tertiary/aromatic N) is 5. The lowest BCUT2D eigenvalue weighted by Gasteiger charge is -2.45. The summed E-state index contributed by atoms with van der Waals surface area (Å²) < 4.78 is 22.6. The van der Waals surface area contributed by atoms with E-state index in [1.54, 1.807) is 24.4 Å². The second kappa shape index (κ2) is 9.50. The summed E-state index contributed by atoms with van der Waals surface area (Å²) in [5.74, 6) is 1.55. The highest BCUT2D eigenvalue weighted by atomic mass is 19.1. The first-order valence-electron chi connectivity index (χ1n) is 12.9. The van der Waals surface area contributed by atoms with Gasteiger partial charge in [-0.25, -0.2) is 14.2 Å². The van der Waals surface area contributed by atoms with Crippen molar-refractivity contribution in [2.75, 3.05) is 20.1 Å². The van der Waals surface area contributed by atoms with Crippen LogP contribution in [-0.2, 0) is 6.42 Å². The third-order valence-corrected chi connectivity index (χ3v) is 7.70. The van der Waals surface area contributed by atoms with Crippen LogP contribution < -0.4 is 4.74 Å². The van der Waals surface area contributed by atoms with Gasteiger partial charge in [0.05, 0.1) is 17.4 Å². The normalized spacial score (nSPS) is 19.8. The van der Waals surface area contributed by atoms with E-state index in [9.17, 15) is 9.18 Å². The van der Waals surface area contributed by atoms with Gasteiger partial charge in [0.1, 0.15) is 11.6 Å². The molecule has 8 heteroatoms. The van der Waals surface area contributed by atoms with Gasteiger partial charge in [-0.15, -0.1) is 0 Å². The first-order chi connectivity index (χ1) is 18.0. The zero-order chi connectivity index (χ0) is 25.5. The lowest BCUT2D eigenvalue weighted by atomic mass is 9.89. The largest absolute Gasteiger partial charge is 0.454 e. The van der Waals surface area contributed by atoms with Gasteiger partial charge >= 0.3 is 6.03 Å². The number of carbonyl (C=O) groups is 1. The van der Waals surface area contributed by atoms with E-state index in [0.29, 0.717) is 30.3 Å². The number of urea groups is 1. The molecule has 2 atom stereocenters. The molecule has 37 heavy (non-hydrogen) atoms. The number of aromatic nitrogens is 3. The Labute approximate surface area is 215 Å². The number of piperidine rings is 1. The minimum absolute atomic E-state index is 0.111. The minimum atomic E-state index is -0.321. The average molecular weight is 500 g/mol. The average Bonchev–Trinajstić information content (AvgIpc) is 3.32. The lowest BCUT2D eigenvalue weighted by Crippen LogP contribution is -2.56. The topological polar surface area (TPSA) is 63.0 Å². The summed E-state index contributed by atoms with van der Waals surface area (Å²) in [6.07, 6.45) is 9.15. The predicted octanol–water partition coefficient (Wildman–Crippen LogP) is 5.89. The molecular formula is C29H30FN5O2. The smallest absolute Gasteiger partial charge is 0.320 e. The fraction of sp³-hybridized carbons (Fsp3) is 0.345. The Hall–Kier alpha value is -3.94. The van der Waals surface area contributed by atoms with Crippen LogP contribution in [0.4, 0.5) is 9.18 Å². The van der Waals surface area contributed by atoms with E-state index in [-0.39, 0.29) is 23.5 Å². The second-order valence-electron chi connectivity index (χ2n) is 9.93. The molecule has 190 valence electrons. The Balaban J connectivity index is 1.29. The number of fused-ring (bicyclic) bond motifs is 2. The van der Waals surface area contributed by atoms with Crippen LogP contribution in [0.25, 0.3) is 16.8 Å². The number of imidazole rings is 1. The van der Waals surface area contributed by atoms with Gasteiger partial charge in [0, 0.05) is 50.1 Å². The monoisotopic (exact) mass is 499 g/mol. The van der Waals surface area contributed by atoms with Gasteiger partial charge < -0.3 is 14.5 Å². The molecule has 2 fully saturated rings. The van der Waals surface area contributed by atoms with Gasteiger partial charge in [-0.2, -0.15) is 0 Å². The van der Waals surface area contributed by atoms with Crippen molar-refractivity contribution < 1.29 is 13.9 Å². The summed E-state index contributed by atoms with van der Waals surface area (Å²) in [5.41, 5.74) is 3.30. The Morgan fingerprint density at radius 2 is 1.95 bits per heavy atom. The summed E-state index contributed by atoms with van der Waals surface area (Å²) in [6, 6.07) is 13.2. The van der Waals surface area contributed by atoms with Crippen molar-refractivity contribution in [2.24, 2.45) is 0 Å². The SMILES string of the molecule is CCc1cccc(Oc2ccc(-c3nc(C4CCC5CCN(C)C(=O)N5C4)n4ccncc34)cc2)c1F. The van der Waals surface area contributed by atoms with Crippen LogP contribution in [0.2, 0.25) is 0 Å². The predicted molar refractivity (Wildman–Crippen MR) is 139 cm³/mol. The molecule has 2 saturated heterocycles. The molecule has 0 spiro atoms. The van der Waals surface area contributed by atoms with Crippen LogP contribution in [0.1, 0.15) is 43.5 Å². The van der Waals surface area contributed by atoms with Crippen molar-refractivity contribution in [1.82, 2.24) is 24.2 Å². The van der Waals surface area contributed by atoms with Crippen LogP contribution in [-0.4, -0.2) is 56.4 Å². The van der Waals surface area contributed by atoms with Crippen LogP contribution in [0.15, 0.2) is 61.1 Å². The third-order valence-electron chi connectivity index (χ3n) is 7.70. The molecule has 2 amide bonds. The highest BCUT2D eigenvalue weighted by Gasteiger charge is 2.38. The van der Waals surface area contributed by atoms with Gasteiger partial charge in [-0.1, -0.05) is 19.1 Å². The Morgan fingerprint density at radius 3 is 2.76 bits per heavy atom. The van der Waals surface area contributed by atoms with Crippen molar-refractivity contribution in [3.05, 3.63) is 78.3 Å². The lowest BCUT2D eigenvalue weighted by molar-refractivity contribution is 0.0805. The molecule has 0 N–H and O–H groups in total. The molecule has 2 aromatic heterocycles. The maximum atomic E-state index is 14.6. The van der Waals surface area contributed by atoms with E-state index in [2.05, 4.69) is 9.38 Å². The molecule has 2 aliphatic heterocycles. The second-order valence-corrected chi connectivity index (χ2v) is 9.93. The number of amides is 2. The first-order valence-corrected chi connectivity index (χ1v) is 12.9. The first kappa shape index (κ1) is 23.5. The number of ether oxygens (including phenoxy) is 1. The number of benzene rings is 2. The number of carbonyl (C=O) groups excluding carboxylic acids is 1. The summed E-state index contributed by atoms with van der Waals surface area (Å²) in [7, 11) is 1.87. The zero-order valence-corrected chi connectivity index (χ0v) is 21.1. The summed E-state index contributed by atoms with van der Waals surface area (Å²) >= 11 is 0. The van der Waals surface area contributed by atoms with Crippen molar-refractivity contribution in [1.29, 1.82) is 0 Å². The van der Waals surface area contributed by atoms with E-state index in [0.717, 1.165) is 48.4 Å². The fourth-order valence-electron chi connectivity index (χ4n) is 5.61. The van der Waals surface area contributed by atoms with Crippen LogP contribution in [0.5, 0.6) is 11.5 Å². The van der Waals surface area contributed by atoms with Crippen molar-refractivity contribution >= 4 is 11.5 Å². The van der Waals surface area contributed by atoms with Gasteiger partial charge in [-0.3, -0.25) is 9.38 Å². The zero-order valence-electron chi connectivity index (χ0n) is 21.1. The molecule has 2 aromatic carbocycles. The molecule has 0 saturated carbocycles. The third kappa shape index (κ3) is 4.20. The molecule has 4 aromatic rings. The number of hydrogen-bond donors (Lipinski definition) is 0. The highest BCUT2D eigenvalue weighted by Crippen LogP contribution is 2.36. The molecule has 2 aliphatic rings. The maximum Gasteiger partial charge on any atom is 0.320 e. The molecule has 7 nitrogen and oxygen atoms in total. The Morgan fingerprint density at radius 1 is 1.11 bits per heavy atom. The van der Waals surface area contributed by atoms with Crippen molar-refractivity contribution in [2.45, 2.75) is 44.6 Å². The van der Waals surface area contributed by atoms with Crippen LogP contribution in [0.3, 0.4) is 0 Å². The van der Waals surface area contributed by atoms with Crippen molar-refractivity contribution in [3.63, 3.8) is 0 Å². The number of hydrogen-bond acceptors (Lipinski definition) is 4. The van der Waals surface area contributed by atoms with Crippen LogP contribution in [0, 0.1) is 5.82 Å². The molecule has 0 radical (unpaired) electrons. The van der Waals surface area contributed by atoms with Crippen molar-refractivity contribution in [3.8, 4) is 22.8 Å². The summed E-state index contributed by atoms with van der Waals surface area (Å²) in [6.45, 7) is 3.41. The van der Waals surface area contributed by atoms with E-state index in [1.165, 1.54) is 0 Å². The van der Waals surface area contributed by atoms with Gasteiger partial charge in [0.25, 0.3) is 0 Å². The fourth-order valence-corrected chi connectivity index (χ4v) is 5.61. The van der Waals surface area contributed by atoms with E-state index < -0.39 is 0 Å². The van der Waals surface area contributed by atoms with E-state index in [4.69, 9.17) is 9.72 Å². The Bertz CT molecular complexity index is 1450. The molecular weight excluding hydrogens is 469 g/mol. The number of aryl methyl sites for hydroxylation is 1. The molecule has 2 unspecified atom stereocenters. The van der Waals surface area contributed by atoms with Crippen LogP contribution >= 0.6 is 0 Å². The quantitative estimate of drug-likeness (QED) is 0.343. The van der Waals surface area contributed by atoms with Gasteiger partial charge in [0.15, 0.2) is 11.6 Å². The molecule has 0 bridgehead atoms.